The van der Waals surface area contributed by atoms with E-state index in [0.29, 0.717) is 27.5 Å². The summed E-state index contributed by atoms with van der Waals surface area (Å²) in [5, 5.41) is 0.494. The van der Waals surface area contributed by atoms with Crippen molar-refractivity contribution < 1.29 is 30.0 Å². The molecule has 1 aliphatic carbocycles. The van der Waals surface area contributed by atoms with Gasteiger partial charge in [-0.1, -0.05) is 30.6 Å². The number of fused-ring (bicyclic) bond motifs is 1. The second-order valence-corrected chi connectivity index (χ2v) is 12.6. The van der Waals surface area contributed by atoms with E-state index in [2.05, 4.69) is 4.98 Å². The van der Waals surface area contributed by atoms with Crippen LogP contribution in [0.15, 0.2) is 47.4 Å². The number of hydrogen-bond donors (Lipinski definition) is 0. The number of hydrogen-bond acceptors (Lipinski definition) is 6. The molecule has 2 aromatic carbocycles. The predicted octanol–water partition coefficient (Wildman–Crippen LogP) is 1.99. The molecule has 0 unspecified atom stereocenters. The zero-order valence-corrected chi connectivity index (χ0v) is 23.8. The van der Waals surface area contributed by atoms with Crippen molar-refractivity contribution in [1.82, 2.24) is 14.2 Å². The molecule has 4 rings (SSSR count). The molecule has 1 amide bonds. The van der Waals surface area contributed by atoms with E-state index in [4.69, 9.17) is 0 Å². The fourth-order valence-electron chi connectivity index (χ4n) is 4.56. The zero-order chi connectivity index (χ0) is 25.9. The van der Waals surface area contributed by atoms with Gasteiger partial charge in [0, 0.05) is 25.2 Å². The Morgan fingerprint density at radius 1 is 1.03 bits per heavy atom. The summed E-state index contributed by atoms with van der Waals surface area (Å²) in [4.78, 5) is 21.9. The maximum Gasteiger partial charge on any atom is 0.260 e. The summed E-state index contributed by atoms with van der Waals surface area (Å²) in [6, 6.07) is 10.5. The number of halogens is 2. The zero-order valence-electron chi connectivity index (χ0n) is 21.4. The Morgan fingerprint density at radius 2 is 1.70 bits per heavy atom. The second kappa shape index (κ2) is 12.6. The van der Waals surface area contributed by atoms with Crippen molar-refractivity contribution in [2.45, 2.75) is 49.5 Å². The van der Waals surface area contributed by atoms with Gasteiger partial charge >= 0.3 is 0 Å². The van der Waals surface area contributed by atoms with Crippen molar-refractivity contribution in [2.24, 2.45) is 0 Å². The van der Waals surface area contributed by atoms with Crippen LogP contribution in [-0.4, -0.2) is 68.8 Å². The van der Waals surface area contributed by atoms with Gasteiger partial charge in [-0.05, 0) is 82.4 Å². The van der Waals surface area contributed by atoms with E-state index in [1.807, 2.05) is 19.0 Å². The molecule has 7 nitrogen and oxygen atoms in total. The third-order valence-electron chi connectivity index (χ3n) is 6.67. The smallest absolute Gasteiger partial charge is 0.260 e. The average Bonchev–Trinajstić information content (AvgIpc) is 3.29. The van der Waals surface area contributed by atoms with Crippen molar-refractivity contribution in [2.75, 3.05) is 39.1 Å². The molecule has 0 spiro atoms. The van der Waals surface area contributed by atoms with Gasteiger partial charge in [-0.2, -0.15) is 4.31 Å². The highest BCUT2D eigenvalue weighted by Gasteiger charge is 2.29. The quantitative estimate of drug-likeness (QED) is 0.395. The summed E-state index contributed by atoms with van der Waals surface area (Å²) in [5.74, 6) is -0.615. The molecule has 11 heteroatoms. The van der Waals surface area contributed by atoms with Gasteiger partial charge in [0.05, 0.1) is 15.1 Å². The normalized spacial score (nSPS) is 14.8. The summed E-state index contributed by atoms with van der Waals surface area (Å²) >= 11 is 1.27. The van der Waals surface area contributed by atoms with Crippen LogP contribution in [0.4, 0.5) is 9.52 Å². The Labute approximate surface area is 228 Å². The summed E-state index contributed by atoms with van der Waals surface area (Å²) in [6.07, 6.45) is 5.71. The lowest BCUT2D eigenvalue weighted by atomic mass is 9.96. The molecule has 1 heterocycles. The monoisotopic (exact) mass is 567 g/mol. The van der Waals surface area contributed by atoms with Gasteiger partial charge in [-0.25, -0.2) is 17.8 Å². The first-order valence-electron chi connectivity index (χ1n) is 12.3. The number of carbonyl (C=O) groups excluding carboxylic acids is 1. The maximum absolute atomic E-state index is 13.7. The van der Waals surface area contributed by atoms with Gasteiger partial charge in [0.25, 0.3) is 5.91 Å². The number of aromatic nitrogens is 1. The van der Waals surface area contributed by atoms with Crippen molar-refractivity contribution in [1.29, 1.82) is 0 Å². The largest absolute Gasteiger partial charge is 1.00 e. The topological polar surface area (TPSA) is 73.8 Å². The van der Waals surface area contributed by atoms with Crippen LogP contribution in [-0.2, 0) is 10.0 Å². The molecular weight excluding hydrogens is 535 g/mol. The molecule has 37 heavy (non-hydrogen) atoms. The molecule has 0 N–H and O–H groups in total. The Kier molecular flexibility index (Phi) is 10.0. The van der Waals surface area contributed by atoms with Gasteiger partial charge in [-0.3, -0.25) is 9.69 Å². The Balaban J connectivity index is 0.00000380. The Morgan fingerprint density at radius 3 is 2.35 bits per heavy atom. The lowest BCUT2D eigenvalue weighted by Crippen LogP contribution is -3.00. The molecule has 0 atom stereocenters. The number of nitrogens with zero attached hydrogens (tertiary/aromatic N) is 4. The van der Waals surface area contributed by atoms with Crippen molar-refractivity contribution in [3.05, 3.63) is 53.8 Å². The molecular formula is C26H33ClFN4O3S2-. The summed E-state index contributed by atoms with van der Waals surface area (Å²) in [5.41, 5.74) is 1.01. The van der Waals surface area contributed by atoms with E-state index >= 15 is 0 Å². The minimum Gasteiger partial charge on any atom is -1.00 e. The molecule has 0 bridgehead atoms. The summed E-state index contributed by atoms with van der Waals surface area (Å²) in [6.45, 7) is 1.22. The lowest BCUT2D eigenvalue weighted by molar-refractivity contribution is -0.0000182. The fraction of sp³-hybridized carbons (Fsp3) is 0.462. The van der Waals surface area contributed by atoms with Crippen LogP contribution in [0.5, 0.6) is 0 Å². The number of anilines is 1. The minimum atomic E-state index is -3.64. The molecule has 1 saturated carbocycles. The Bertz CT molecular complexity index is 1310. The van der Waals surface area contributed by atoms with Crippen LogP contribution in [0.3, 0.4) is 0 Å². The molecule has 3 aromatic rings. The van der Waals surface area contributed by atoms with Crippen molar-refractivity contribution >= 4 is 42.6 Å². The van der Waals surface area contributed by atoms with E-state index < -0.39 is 10.0 Å². The highest BCUT2D eigenvalue weighted by Crippen LogP contribution is 2.31. The van der Waals surface area contributed by atoms with Crippen LogP contribution in [0.25, 0.3) is 10.2 Å². The van der Waals surface area contributed by atoms with Gasteiger partial charge in [0.1, 0.15) is 5.82 Å². The lowest BCUT2D eigenvalue weighted by Gasteiger charge is -2.30. The molecule has 0 saturated heterocycles. The highest BCUT2D eigenvalue weighted by atomic mass is 35.5. The summed E-state index contributed by atoms with van der Waals surface area (Å²) in [7, 11) is 1.94. The number of benzene rings is 2. The van der Waals surface area contributed by atoms with E-state index in [0.717, 1.165) is 45.1 Å². The standard InChI is InChI=1S/C26H33FN4O3S2.ClH/c1-29(2)16-7-17-31(26-28-23-15-12-20(27)18-24(23)35-26)25(32)19-10-13-22(14-11-19)36(33,34)30(3)21-8-5-4-6-9-21;/h10-15,18,21H,4-9,16-17H2,1-3H3;1H/p-1. The van der Waals surface area contributed by atoms with Gasteiger partial charge in [0.15, 0.2) is 5.13 Å². The van der Waals surface area contributed by atoms with Crippen molar-refractivity contribution in [3.8, 4) is 0 Å². The second-order valence-electron chi connectivity index (χ2n) is 9.56. The first-order valence-corrected chi connectivity index (χ1v) is 14.5. The van der Waals surface area contributed by atoms with E-state index in [-0.39, 0.29) is 35.1 Å². The minimum absolute atomic E-state index is 0. The first kappa shape index (κ1) is 29.4. The van der Waals surface area contributed by atoms with Crippen LogP contribution in [0.2, 0.25) is 0 Å². The highest BCUT2D eigenvalue weighted by molar-refractivity contribution is 7.89. The molecule has 1 fully saturated rings. The van der Waals surface area contributed by atoms with Crippen LogP contribution in [0.1, 0.15) is 48.9 Å². The number of rotatable bonds is 9. The SMILES string of the molecule is CN(C)CCCN(C(=O)c1ccc(S(=O)(=O)N(C)C2CCCCC2)cc1)c1nc2ccc(F)cc2s1.[Cl-]. The fourth-order valence-corrected chi connectivity index (χ4v) is 6.99. The van der Waals surface area contributed by atoms with E-state index in [1.54, 1.807) is 30.1 Å². The molecule has 1 aromatic heterocycles. The van der Waals surface area contributed by atoms with Gasteiger partial charge < -0.3 is 17.3 Å². The molecule has 0 radical (unpaired) electrons. The Hall–Kier alpha value is -2.11. The third-order valence-corrected chi connectivity index (χ3v) is 9.63. The molecule has 202 valence electrons. The predicted molar refractivity (Wildman–Crippen MR) is 143 cm³/mol. The molecule has 0 aliphatic heterocycles. The first-order chi connectivity index (χ1) is 17.2. The number of thiazole rings is 1. The van der Waals surface area contributed by atoms with Crippen LogP contribution in [0, 0.1) is 5.82 Å². The maximum atomic E-state index is 13.7. The molecule has 1 aliphatic rings. The number of carbonyl (C=O) groups is 1. The number of amides is 1. The van der Waals surface area contributed by atoms with Crippen molar-refractivity contribution in [3.63, 3.8) is 0 Å². The van der Waals surface area contributed by atoms with E-state index in [9.17, 15) is 17.6 Å². The third kappa shape index (κ3) is 6.86. The number of sulfonamides is 1. The average molecular weight is 568 g/mol. The van der Waals surface area contributed by atoms with Gasteiger partial charge in [-0.15, -0.1) is 0 Å². The van der Waals surface area contributed by atoms with Crippen LogP contribution < -0.4 is 17.3 Å². The van der Waals surface area contributed by atoms with Crippen LogP contribution >= 0.6 is 11.3 Å². The van der Waals surface area contributed by atoms with E-state index in [1.165, 1.54) is 39.9 Å². The summed E-state index contributed by atoms with van der Waals surface area (Å²) < 4.78 is 42.2. The van der Waals surface area contributed by atoms with Gasteiger partial charge in [0.2, 0.25) is 10.0 Å².